The van der Waals surface area contributed by atoms with Crippen molar-refractivity contribution in [1.29, 1.82) is 0 Å². The van der Waals surface area contributed by atoms with E-state index in [9.17, 15) is 13.2 Å². The molecule has 1 N–H and O–H groups in total. The Hall–Kier alpha value is -1.05. The molecule has 2 aliphatic heterocycles. The Morgan fingerprint density at radius 3 is 2.46 bits per heavy atom. The molecule has 4 nitrogen and oxygen atoms in total. The molecule has 1 aromatic rings. The molecule has 136 valence electrons. The van der Waals surface area contributed by atoms with Crippen LogP contribution in [0.15, 0.2) is 22.8 Å². The Morgan fingerprint density at radius 2 is 1.88 bits per heavy atom. The van der Waals surface area contributed by atoms with Crippen molar-refractivity contribution < 1.29 is 17.6 Å². The maximum absolute atomic E-state index is 12.4. The van der Waals surface area contributed by atoms with Crippen LogP contribution < -0.4 is 5.32 Å². The third-order valence-corrected chi connectivity index (χ3v) is 5.04. The average molecular weight is 345 g/mol. The molecule has 1 aromatic heterocycles. The van der Waals surface area contributed by atoms with E-state index < -0.39 is 12.7 Å². The Morgan fingerprint density at radius 1 is 1.17 bits per heavy atom. The zero-order chi connectivity index (χ0) is 17.0. The van der Waals surface area contributed by atoms with Crippen LogP contribution in [0.1, 0.15) is 37.5 Å². The molecule has 1 atom stereocenters. The van der Waals surface area contributed by atoms with Gasteiger partial charge in [0.1, 0.15) is 5.76 Å². The van der Waals surface area contributed by atoms with E-state index in [1.54, 1.807) is 6.26 Å². The highest BCUT2D eigenvalue weighted by atomic mass is 19.4. The first-order valence-corrected chi connectivity index (χ1v) is 8.81. The van der Waals surface area contributed by atoms with E-state index >= 15 is 0 Å². The number of halogens is 3. The molecule has 1 unspecified atom stereocenters. The number of furan rings is 1. The molecule has 2 saturated heterocycles. The fraction of sp³-hybridized carbons (Fsp3) is 0.765. The number of nitrogens with one attached hydrogen (secondary N) is 1. The van der Waals surface area contributed by atoms with Gasteiger partial charge in [0.2, 0.25) is 0 Å². The number of hydrogen-bond acceptors (Lipinski definition) is 4. The second-order valence-corrected chi connectivity index (χ2v) is 6.85. The number of rotatable bonds is 6. The molecule has 7 heteroatoms. The molecule has 0 spiro atoms. The standard InChI is InChI=1S/C17H26F3N3O/c18-17(19,20)13-22-9-5-14(6-10-22)21-12-15(16-4-3-11-24-16)23-7-1-2-8-23/h3-4,11,14-15,21H,1-2,5-10,12-13H2. The molecular weight excluding hydrogens is 319 g/mol. The fourth-order valence-corrected chi connectivity index (χ4v) is 3.77. The first-order chi connectivity index (χ1) is 11.5. The van der Waals surface area contributed by atoms with Crippen molar-refractivity contribution in [3.05, 3.63) is 24.2 Å². The van der Waals surface area contributed by atoms with Gasteiger partial charge in [-0.25, -0.2) is 0 Å². The Bertz CT molecular complexity index is 478. The molecule has 0 amide bonds. The van der Waals surface area contributed by atoms with Crippen molar-refractivity contribution in [3.63, 3.8) is 0 Å². The van der Waals surface area contributed by atoms with Crippen LogP contribution in [0.4, 0.5) is 13.2 Å². The van der Waals surface area contributed by atoms with Crippen molar-refractivity contribution in [3.8, 4) is 0 Å². The van der Waals surface area contributed by atoms with Crippen LogP contribution in [-0.4, -0.2) is 61.3 Å². The van der Waals surface area contributed by atoms with E-state index in [2.05, 4.69) is 10.2 Å². The number of alkyl halides is 3. The van der Waals surface area contributed by atoms with Crippen molar-refractivity contribution in [2.24, 2.45) is 0 Å². The summed E-state index contributed by atoms with van der Waals surface area (Å²) in [5.41, 5.74) is 0. The summed E-state index contributed by atoms with van der Waals surface area (Å²) in [4.78, 5) is 3.94. The summed E-state index contributed by atoms with van der Waals surface area (Å²) < 4.78 is 42.9. The molecule has 3 rings (SSSR count). The van der Waals surface area contributed by atoms with Crippen molar-refractivity contribution >= 4 is 0 Å². The molecule has 0 bridgehead atoms. The van der Waals surface area contributed by atoms with Gasteiger partial charge < -0.3 is 9.73 Å². The van der Waals surface area contributed by atoms with E-state index in [4.69, 9.17) is 4.42 Å². The van der Waals surface area contributed by atoms with Gasteiger partial charge in [0.05, 0.1) is 18.8 Å². The van der Waals surface area contributed by atoms with Crippen LogP contribution in [0.5, 0.6) is 0 Å². The molecule has 0 aliphatic carbocycles. The summed E-state index contributed by atoms with van der Waals surface area (Å²) in [6.45, 7) is 3.17. The predicted molar refractivity (Wildman–Crippen MR) is 85.8 cm³/mol. The third-order valence-electron chi connectivity index (χ3n) is 5.04. The van der Waals surface area contributed by atoms with E-state index in [1.807, 2.05) is 12.1 Å². The Labute approximate surface area is 141 Å². The predicted octanol–water partition coefficient (Wildman–Crippen LogP) is 3.03. The van der Waals surface area contributed by atoms with Gasteiger partial charge in [0.25, 0.3) is 0 Å². The summed E-state index contributed by atoms with van der Waals surface area (Å²) in [6, 6.07) is 4.43. The maximum Gasteiger partial charge on any atom is 0.401 e. The van der Waals surface area contributed by atoms with Crippen LogP contribution in [0.2, 0.25) is 0 Å². The van der Waals surface area contributed by atoms with Gasteiger partial charge in [-0.1, -0.05) is 0 Å². The average Bonchev–Trinajstić information content (AvgIpc) is 3.21. The molecule has 3 heterocycles. The first-order valence-electron chi connectivity index (χ1n) is 8.81. The van der Waals surface area contributed by atoms with Gasteiger partial charge >= 0.3 is 6.18 Å². The lowest BCUT2D eigenvalue weighted by atomic mass is 10.0. The lowest BCUT2D eigenvalue weighted by Gasteiger charge is -2.34. The summed E-state index contributed by atoms with van der Waals surface area (Å²) in [6.07, 6.45) is 1.57. The molecular formula is C17H26F3N3O. The lowest BCUT2D eigenvalue weighted by molar-refractivity contribution is -0.148. The smallest absolute Gasteiger partial charge is 0.401 e. The number of nitrogens with zero attached hydrogens (tertiary/aromatic N) is 2. The zero-order valence-electron chi connectivity index (χ0n) is 13.9. The Kier molecular flexibility index (Phi) is 5.84. The summed E-state index contributed by atoms with van der Waals surface area (Å²) in [5, 5.41) is 3.56. The van der Waals surface area contributed by atoms with Crippen molar-refractivity contribution in [1.82, 2.24) is 15.1 Å². The topological polar surface area (TPSA) is 31.6 Å². The minimum atomic E-state index is -4.10. The maximum atomic E-state index is 12.4. The highest BCUT2D eigenvalue weighted by Gasteiger charge is 2.33. The molecule has 0 radical (unpaired) electrons. The number of hydrogen-bond donors (Lipinski definition) is 1. The molecule has 2 aliphatic rings. The summed E-state index contributed by atoms with van der Waals surface area (Å²) in [5.74, 6) is 0.971. The number of likely N-dealkylation sites (tertiary alicyclic amines) is 2. The second kappa shape index (κ2) is 7.89. The number of piperidine rings is 1. The minimum Gasteiger partial charge on any atom is -0.468 e. The monoisotopic (exact) mass is 345 g/mol. The largest absolute Gasteiger partial charge is 0.468 e. The highest BCUT2D eigenvalue weighted by molar-refractivity contribution is 5.06. The van der Waals surface area contributed by atoms with E-state index in [0.29, 0.717) is 13.1 Å². The van der Waals surface area contributed by atoms with Gasteiger partial charge in [0, 0.05) is 12.6 Å². The molecule has 2 fully saturated rings. The van der Waals surface area contributed by atoms with Gasteiger partial charge in [-0.05, 0) is 64.0 Å². The summed E-state index contributed by atoms with van der Waals surface area (Å²) >= 11 is 0. The van der Waals surface area contributed by atoms with Crippen LogP contribution >= 0.6 is 0 Å². The van der Waals surface area contributed by atoms with Crippen LogP contribution in [0.3, 0.4) is 0 Å². The third kappa shape index (κ3) is 4.97. The second-order valence-electron chi connectivity index (χ2n) is 6.85. The van der Waals surface area contributed by atoms with Gasteiger partial charge in [-0.2, -0.15) is 13.2 Å². The minimum absolute atomic E-state index is 0.218. The van der Waals surface area contributed by atoms with Crippen molar-refractivity contribution in [2.45, 2.75) is 43.9 Å². The fourth-order valence-electron chi connectivity index (χ4n) is 3.77. The zero-order valence-corrected chi connectivity index (χ0v) is 13.9. The molecule has 0 aromatic carbocycles. The van der Waals surface area contributed by atoms with Crippen molar-refractivity contribution in [2.75, 3.05) is 39.3 Å². The van der Waals surface area contributed by atoms with Gasteiger partial charge in [0.15, 0.2) is 0 Å². The summed E-state index contributed by atoms with van der Waals surface area (Å²) in [7, 11) is 0. The lowest BCUT2D eigenvalue weighted by Crippen LogP contribution is -2.47. The van der Waals surface area contributed by atoms with Crippen LogP contribution in [0, 0.1) is 0 Å². The SMILES string of the molecule is FC(F)(F)CN1CCC(NCC(c2ccco2)N2CCCC2)CC1. The van der Waals surface area contributed by atoms with E-state index in [0.717, 1.165) is 38.2 Å². The van der Waals surface area contributed by atoms with Crippen LogP contribution in [0.25, 0.3) is 0 Å². The first kappa shape index (κ1) is 17.8. The quantitative estimate of drug-likeness (QED) is 0.859. The van der Waals surface area contributed by atoms with Crippen LogP contribution in [-0.2, 0) is 0 Å². The molecule has 0 saturated carbocycles. The van der Waals surface area contributed by atoms with Gasteiger partial charge in [-0.15, -0.1) is 0 Å². The van der Waals surface area contributed by atoms with E-state index in [-0.39, 0.29) is 12.1 Å². The molecule has 24 heavy (non-hydrogen) atoms. The van der Waals surface area contributed by atoms with E-state index in [1.165, 1.54) is 17.7 Å². The Balaban J connectivity index is 1.47. The van der Waals surface area contributed by atoms with Gasteiger partial charge in [-0.3, -0.25) is 9.80 Å². The normalized spacial score (nSPS) is 23.0. The highest BCUT2D eigenvalue weighted by Crippen LogP contribution is 2.26.